The SMILES string of the molecule is CCCCCCCCCCCCCCCCCC(=O)[O-].[Ag+].[Ag+].[Ag+].[Br-].[I-]. The maximum Gasteiger partial charge on any atom is 1.00 e. The van der Waals surface area contributed by atoms with Gasteiger partial charge in [0.2, 0.25) is 0 Å². The number of unbranched alkanes of at least 4 members (excludes halogenated alkanes) is 14. The number of carboxylic acids is 1. The first kappa shape index (κ1) is 42.1. The van der Waals surface area contributed by atoms with Gasteiger partial charge in [-0.3, -0.25) is 0 Å². The molecule has 0 unspecified atom stereocenters. The second-order valence-corrected chi connectivity index (χ2v) is 6.07. The number of rotatable bonds is 16. The van der Waals surface area contributed by atoms with Crippen molar-refractivity contribution in [3.8, 4) is 0 Å². The molecule has 0 aliphatic heterocycles. The van der Waals surface area contributed by atoms with E-state index in [1.807, 2.05) is 0 Å². The van der Waals surface area contributed by atoms with E-state index in [0.717, 1.165) is 12.8 Å². The molecule has 0 aromatic rings. The zero-order valence-electron chi connectivity index (χ0n) is 15.3. The molecule has 0 fully saturated rings. The summed E-state index contributed by atoms with van der Waals surface area (Å²) in [5.74, 6) is -0.903. The molecule has 0 heterocycles. The molecule has 0 rings (SSSR count). The smallest absolute Gasteiger partial charge is 1.00 e. The van der Waals surface area contributed by atoms with E-state index in [4.69, 9.17) is 0 Å². The van der Waals surface area contributed by atoms with Crippen molar-refractivity contribution >= 4 is 5.97 Å². The van der Waals surface area contributed by atoms with Crippen LogP contribution in [0, 0.1) is 0 Å². The van der Waals surface area contributed by atoms with Gasteiger partial charge in [0.1, 0.15) is 0 Å². The second-order valence-electron chi connectivity index (χ2n) is 6.07. The van der Waals surface area contributed by atoms with Crippen molar-refractivity contribution in [2.45, 2.75) is 110 Å². The van der Waals surface area contributed by atoms with Crippen LogP contribution < -0.4 is 46.1 Å². The molecule has 2 nitrogen and oxygen atoms in total. The van der Waals surface area contributed by atoms with E-state index in [1.165, 1.54) is 83.5 Å². The third-order valence-electron chi connectivity index (χ3n) is 3.98. The molecular weight excluding hydrogens is 779 g/mol. The number of carbonyl (C=O) groups excluding carboxylic acids is 1. The standard InChI is InChI=1S/C18H36O2.3Ag.BrH.HI/c1-2-3-4-5-6-7-8-9-10-11-12-13-14-15-16-17-18(19)20;;;;;/h2-17H2,1H3,(H,19,20);;;;2*1H/q;3*+1;;/p-3. The predicted octanol–water partition coefficient (Wildman–Crippen LogP) is -1.00. The zero-order valence-corrected chi connectivity index (χ0v) is 23.5. The van der Waals surface area contributed by atoms with Crippen molar-refractivity contribution in [1.29, 1.82) is 0 Å². The van der Waals surface area contributed by atoms with Crippen LogP contribution >= 0.6 is 0 Å². The first-order valence-electron chi connectivity index (χ1n) is 8.97. The third-order valence-corrected chi connectivity index (χ3v) is 3.98. The monoisotopic (exact) mass is 810 g/mol. The average molecular weight is 814 g/mol. The van der Waals surface area contributed by atoms with Crippen molar-refractivity contribution in [3.63, 3.8) is 0 Å². The summed E-state index contributed by atoms with van der Waals surface area (Å²) in [5.41, 5.74) is 0. The summed E-state index contributed by atoms with van der Waals surface area (Å²) in [6, 6.07) is 0. The van der Waals surface area contributed by atoms with E-state index in [9.17, 15) is 9.90 Å². The molecular formula is C18H35Ag3BrIO2. The number of hydrogen-bond donors (Lipinski definition) is 0. The molecule has 166 valence electrons. The normalized spacial score (nSPS) is 8.68. The van der Waals surface area contributed by atoms with Gasteiger partial charge < -0.3 is 50.9 Å². The molecule has 0 saturated heterocycles. The molecule has 0 atom stereocenters. The Hall–Kier alpha value is 2.90. The first-order chi connectivity index (χ1) is 9.77. The molecule has 0 aliphatic rings. The summed E-state index contributed by atoms with van der Waals surface area (Å²) in [6.45, 7) is 2.27. The Kier molecular flexibility index (Phi) is 63.4. The fraction of sp³-hybridized carbons (Fsp3) is 0.944. The first-order valence-corrected chi connectivity index (χ1v) is 8.97. The van der Waals surface area contributed by atoms with E-state index in [1.54, 1.807) is 0 Å². The van der Waals surface area contributed by atoms with Crippen molar-refractivity contribution in [2.75, 3.05) is 0 Å². The van der Waals surface area contributed by atoms with Crippen LogP contribution in [0.4, 0.5) is 0 Å². The molecule has 0 saturated carbocycles. The molecule has 7 heteroatoms. The second kappa shape index (κ2) is 37.6. The van der Waals surface area contributed by atoms with Crippen LogP contribution in [-0.4, -0.2) is 5.97 Å². The van der Waals surface area contributed by atoms with Gasteiger partial charge in [-0.25, -0.2) is 0 Å². The van der Waals surface area contributed by atoms with Gasteiger partial charge in [-0.2, -0.15) is 0 Å². The van der Waals surface area contributed by atoms with Crippen LogP contribution in [0.3, 0.4) is 0 Å². The number of carbonyl (C=O) groups is 1. The van der Waals surface area contributed by atoms with Gasteiger partial charge in [0, 0.05) is 5.97 Å². The Bertz CT molecular complexity index is 226. The third kappa shape index (κ3) is 42.1. The number of hydrogen-bond acceptors (Lipinski definition) is 2. The molecule has 0 aromatic carbocycles. The van der Waals surface area contributed by atoms with Crippen LogP contribution in [0.1, 0.15) is 110 Å². The van der Waals surface area contributed by atoms with Gasteiger partial charge in [-0.15, -0.1) is 0 Å². The Morgan fingerprint density at radius 2 is 0.840 bits per heavy atom. The quantitative estimate of drug-likeness (QED) is 0.114. The minimum absolute atomic E-state index is 0. The summed E-state index contributed by atoms with van der Waals surface area (Å²) in [6.07, 6.45) is 19.9. The fourth-order valence-corrected chi connectivity index (χ4v) is 2.64. The summed E-state index contributed by atoms with van der Waals surface area (Å²) < 4.78 is 0. The maximum absolute atomic E-state index is 10.2. The van der Waals surface area contributed by atoms with Crippen LogP contribution in [0.2, 0.25) is 0 Å². The zero-order chi connectivity index (χ0) is 14.9. The van der Waals surface area contributed by atoms with E-state index in [2.05, 4.69) is 6.92 Å². The number of halogens is 2. The summed E-state index contributed by atoms with van der Waals surface area (Å²) in [5, 5.41) is 10.2. The molecule has 0 amide bonds. The number of aliphatic carboxylic acids is 1. The molecule has 0 spiro atoms. The largest absolute Gasteiger partial charge is 1.00 e. The molecule has 0 aliphatic carbocycles. The van der Waals surface area contributed by atoms with Crippen LogP contribution in [0.5, 0.6) is 0 Å². The van der Waals surface area contributed by atoms with Crippen molar-refractivity contribution in [3.05, 3.63) is 0 Å². The summed E-state index contributed by atoms with van der Waals surface area (Å²) in [4.78, 5) is 10.2. The van der Waals surface area contributed by atoms with Crippen LogP contribution in [0.25, 0.3) is 0 Å². The van der Waals surface area contributed by atoms with Crippen molar-refractivity contribution in [1.82, 2.24) is 0 Å². The van der Waals surface area contributed by atoms with Crippen LogP contribution in [-0.2, 0) is 71.9 Å². The van der Waals surface area contributed by atoms with Gasteiger partial charge in [0.25, 0.3) is 0 Å². The average Bonchev–Trinajstić information content (AvgIpc) is 2.43. The van der Waals surface area contributed by atoms with Crippen LogP contribution in [0.15, 0.2) is 0 Å². The molecule has 0 bridgehead atoms. The van der Waals surface area contributed by atoms with Gasteiger partial charge in [0.15, 0.2) is 0 Å². The Balaban J connectivity index is -0.000000180. The van der Waals surface area contributed by atoms with Gasteiger partial charge in [-0.1, -0.05) is 96.8 Å². The Morgan fingerprint density at radius 1 is 0.600 bits per heavy atom. The van der Waals surface area contributed by atoms with E-state index in [0.29, 0.717) is 0 Å². The topological polar surface area (TPSA) is 40.1 Å². The predicted molar refractivity (Wildman–Crippen MR) is 84.6 cm³/mol. The molecule has 25 heavy (non-hydrogen) atoms. The Morgan fingerprint density at radius 3 is 1.08 bits per heavy atom. The fourth-order valence-electron chi connectivity index (χ4n) is 2.64. The summed E-state index contributed by atoms with van der Waals surface area (Å²) in [7, 11) is 0. The minimum Gasteiger partial charge on any atom is -1.00 e. The Labute approximate surface area is 230 Å². The van der Waals surface area contributed by atoms with E-state index in [-0.39, 0.29) is 115 Å². The van der Waals surface area contributed by atoms with Crippen molar-refractivity contribution < 1.29 is 118 Å². The molecule has 0 radical (unpaired) electrons. The van der Waals surface area contributed by atoms with Gasteiger partial charge >= 0.3 is 67.1 Å². The number of carboxylic acid groups (broad SMARTS) is 1. The molecule has 0 aromatic heterocycles. The van der Waals surface area contributed by atoms with E-state index < -0.39 is 5.97 Å². The van der Waals surface area contributed by atoms with Gasteiger partial charge in [0.05, 0.1) is 0 Å². The van der Waals surface area contributed by atoms with Gasteiger partial charge in [-0.05, 0) is 12.8 Å². The van der Waals surface area contributed by atoms with Crippen molar-refractivity contribution in [2.24, 2.45) is 0 Å². The summed E-state index contributed by atoms with van der Waals surface area (Å²) >= 11 is 0. The molecule has 0 N–H and O–H groups in total. The minimum atomic E-state index is -0.903. The van der Waals surface area contributed by atoms with E-state index >= 15 is 0 Å². The maximum atomic E-state index is 10.2.